The quantitative estimate of drug-likeness (QED) is 0.835. The molecule has 0 bridgehead atoms. The molecule has 3 rings (SSSR count). The Bertz CT molecular complexity index is 502. The maximum atomic E-state index is 14.6. The van der Waals surface area contributed by atoms with Crippen molar-refractivity contribution in [2.24, 2.45) is 0 Å². The van der Waals surface area contributed by atoms with E-state index in [-0.39, 0.29) is 12.4 Å². The zero-order chi connectivity index (χ0) is 14.9. The van der Waals surface area contributed by atoms with Crippen molar-refractivity contribution >= 4 is 0 Å². The van der Waals surface area contributed by atoms with Crippen molar-refractivity contribution in [2.45, 2.75) is 43.7 Å². The van der Waals surface area contributed by atoms with Crippen LogP contribution < -0.4 is 4.74 Å². The second-order valence-corrected chi connectivity index (χ2v) is 6.59. The highest BCUT2D eigenvalue weighted by molar-refractivity contribution is 5.37. The lowest BCUT2D eigenvalue weighted by Crippen LogP contribution is -2.34. The number of halogens is 2. The average Bonchev–Trinajstić information content (AvgIpc) is 3.08. The Morgan fingerprint density at radius 1 is 1.33 bits per heavy atom. The first-order chi connectivity index (χ1) is 10.1. The van der Waals surface area contributed by atoms with Crippen LogP contribution in [0.3, 0.4) is 0 Å². The minimum absolute atomic E-state index is 0.0582. The molecular weight excluding hydrogens is 272 g/mol. The standard InChI is InChI=1S/C17H23F2NO/c1-20-9-8-17(19,11-20)12-21-16-7-6-14(18)10-15(16)13-4-2-3-5-13/h6-7,10,13H,2-5,8-9,11-12H2,1H3. The van der Waals surface area contributed by atoms with Crippen molar-refractivity contribution in [3.05, 3.63) is 29.6 Å². The summed E-state index contributed by atoms with van der Waals surface area (Å²) in [5.74, 6) is 0.784. The van der Waals surface area contributed by atoms with Crippen molar-refractivity contribution in [1.29, 1.82) is 0 Å². The molecule has 116 valence electrons. The summed E-state index contributed by atoms with van der Waals surface area (Å²) in [4.78, 5) is 1.98. The molecule has 1 saturated carbocycles. The first kappa shape index (κ1) is 14.8. The lowest BCUT2D eigenvalue weighted by atomic mass is 9.96. The lowest BCUT2D eigenvalue weighted by molar-refractivity contribution is 0.0930. The summed E-state index contributed by atoms with van der Waals surface area (Å²) < 4.78 is 33.9. The van der Waals surface area contributed by atoms with E-state index in [1.54, 1.807) is 12.1 Å². The second-order valence-electron chi connectivity index (χ2n) is 6.59. The fourth-order valence-corrected chi connectivity index (χ4v) is 3.56. The van der Waals surface area contributed by atoms with Gasteiger partial charge in [0.2, 0.25) is 0 Å². The minimum atomic E-state index is -1.28. The molecule has 2 nitrogen and oxygen atoms in total. The molecule has 1 aromatic rings. The molecule has 1 aromatic carbocycles. The lowest BCUT2D eigenvalue weighted by Gasteiger charge is -2.22. The normalized spacial score (nSPS) is 27.4. The smallest absolute Gasteiger partial charge is 0.158 e. The average molecular weight is 295 g/mol. The Kier molecular flexibility index (Phi) is 4.16. The van der Waals surface area contributed by atoms with Crippen LogP contribution in [0.4, 0.5) is 8.78 Å². The predicted octanol–water partition coefficient (Wildman–Crippen LogP) is 3.91. The van der Waals surface area contributed by atoms with Crippen LogP contribution in [-0.2, 0) is 0 Å². The molecule has 0 N–H and O–H groups in total. The highest BCUT2D eigenvalue weighted by Gasteiger charge is 2.38. The first-order valence-electron chi connectivity index (χ1n) is 7.85. The van der Waals surface area contributed by atoms with E-state index in [1.165, 1.54) is 18.9 Å². The molecular formula is C17H23F2NO. The van der Waals surface area contributed by atoms with Crippen LogP contribution in [0.1, 0.15) is 43.6 Å². The van der Waals surface area contributed by atoms with E-state index in [1.807, 2.05) is 11.9 Å². The predicted molar refractivity (Wildman–Crippen MR) is 79.1 cm³/mol. The molecule has 4 heteroatoms. The van der Waals surface area contributed by atoms with Crippen molar-refractivity contribution in [3.8, 4) is 5.75 Å². The summed E-state index contributed by atoms with van der Waals surface area (Å²) in [5.41, 5.74) is -0.363. The third kappa shape index (κ3) is 3.37. The molecule has 2 aliphatic rings. The van der Waals surface area contributed by atoms with Gasteiger partial charge in [-0.3, -0.25) is 0 Å². The van der Waals surface area contributed by atoms with Crippen LogP contribution in [0.2, 0.25) is 0 Å². The number of benzene rings is 1. The number of likely N-dealkylation sites (tertiary alicyclic amines) is 1. The van der Waals surface area contributed by atoms with Crippen LogP contribution in [0, 0.1) is 5.82 Å². The second kappa shape index (κ2) is 5.91. The molecule has 1 aliphatic heterocycles. The fourth-order valence-electron chi connectivity index (χ4n) is 3.56. The molecule has 0 radical (unpaired) electrons. The zero-order valence-electron chi connectivity index (χ0n) is 12.6. The molecule has 1 aliphatic carbocycles. The molecule has 2 fully saturated rings. The van der Waals surface area contributed by atoms with E-state index in [0.717, 1.165) is 24.9 Å². The summed E-state index contributed by atoms with van der Waals surface area (Å²) in [5, 5.41) is 0. The van der Waals surface area contributed by atoms with Gasteiger partial charge in [-0.1, -0.05) is 12.8 Å². The largest absolute Gasteiger partial charge is 0.490 e. The van der Waals surface area contributed by atoms with Crippen molar-refractivity contribution < 1.29 is 13.5 Å². The Labute approximate surface area is 125 Å². The number of rotatable bonds is 4. The van der Waals surface area contributed by atoms with Gasteiger partial charge in [-0.2, -0.15) is 0 Å². The van der Waals surface area contributed by atoms with Crippen molar-refractivity contribution in [1.82, 2.24) is 4.90 Å². The van der Waals surface area contributed by atoms with E-state index in [9.17, 15) is 8.78 Å². The summed E-state index contributed by atoms with van der Waals surface area (Å²) in [7, 11) is 1.92. The molecule has 1 atom stereocenters. The molecule has 1 saturated heterocycles. The summed E-state index contributed by atoms with van der Waals surface area (Å²) in [6, 6.07) is 4.63. The van der Waals surface area contributed by atoms with Gasteiger partial charge >= 0.3 is 0 Å². The van der Waals surface area contributed by atoms with Gasteiger partial charge in [0, 0.05) is 18.7 Å². The molecule has 1 heterocycles. The number of hydrogen-bond acceptors (Lipinski definition) is 2. The van der Waals surface area contributed by atoms with Crippen LogP contribution in [0.15, 0.2) is 18.2 Å². The van der Waals surface area contributed by atoms with Gasteiger partial charge < -0.3 is 9.64 Å². The Morgan fingerprint density at radius 2 is 2.10 bits per heavy atom. The van der Waals surface area contributed by atoms with Crippen molar-refractivity contribution in [2.75, 3.05) is 26.7 Å². The molecule has 21 heavy (non-hydrogen) atoms. The SMILES string of the molecule is CN1CCC(F)(COc2ccc(F)cc2C2CCCC2)C1. The molecule has 0 aromatic heterocycles. The van der Waals surface area contributed by atoms with Gasteiger partial charge in [0.05, 0.1) is 0 Å². The minimum Gasteiger partial charge on any atom is -0.490 e. The first-order valence-corrected chi connectivity index (χ1v) is 7.85. The number of hydrogen-bond donors (Lipinski definition) is 0. The van der Waals surface area contributed by atoms with Gasteiger partial charge in [-0.05, 0) is 50.4 Å². The summed E-state index contributed by atoms with van der Waals surface area (Å²) in [6.07, 6.45) is 5.01. The highest BCUT2D eigenvalue weighted by Crippen LogP contribution is 2.39. The maximum Gasteiger partial charge on any atom is 0.158 e. The summed E-state index contributed by atoms with van der Waals surface area (Å²) in [6.45, 7) is 1.23. The monoisotopic (exact) mass is 295 g/mol. The van der Waals surface area contributed by atoms with Crippen LogP contribution >= 0.6 is 0 Å². The third-order valence-corrected chi connectivity index (χ3v) is 4.75. The maximum absolute atomic E-state index is 14.6. The van der Waals surface area contributed by atoms with Crippen molar-refractivity contribution in [3.63, 3.8) is 0 Å². The number of alkyl halides is 1. The van der Waals surface area contributed by atoms with Gasteiger partial charge in [0.25, 0.3) is 0 Å². The van der Waals surface area contributed by atoms with Gasteiger partial charge in [-0.25, -0.2) is 8.78 Å². The zero-order valence-corrected chi connectivity index (χ0v) is 12.6. The van der Waals surface area contributed by atoms with Crippen LogP contribution in [0.5, 0.6) is 5.75 Å². The van der Waals surface area contributed by atoms with E-state index < -0.39 is 5.67 Å². The molecule has 0 spiro atoms. The van der Waals surface area contributed by atoms with Gasteiger partial charge in [-0.15, -0.1) is 0 Å². The highest BCUT2D eigenvalue weighted by atomic mass is 19.1. The van der Waals surface area contributed by atoms with E-state index in [4.69, 9.17) is 4.74 Å². The van der Waals surface area contributed by atoms with E-state index in [2.05, 4.69) is 0 Å². The van der Waals surface area contributed by atoms with E-state index >= 15 is 0 Å². The summed E-state index contributed by atoms with van der Waals surface area (Å²) >= 11 is 0. The van der Waals surface area contributed by atoms with Gasteiger partial charge in [0.1, 0.15) is 18.2 Å². The Hall–Kier alpha value is -1.16. The Balaban J connectivity index is 1.72. The van der Waals surface area contributed by atoms with Gasteiger partial charge in [0.15, 0.2) is 5.67 Å². The molecule has 1 unspecified atom stereocenters. The fraction of sp³-hybridized carbons (Fsp3) is 0.647. The molecule has 0 amide bonds. The topological polar surface area (TPSA) is 12.5 Å². The number of nitrogens with zero attached hydrogens (tertiary/aromatic N) is 1. The third-order valence-electron chi connectivity index (χ3n) is 4.75. The van der Waals surface area contributed by atoms with Crippen LogP contribution in [-0.4, -0.2) is 37.3 Å². The Morgan fingerprint density at radius 3 is 2.76 bits per heavy atom. The number of ether oxygens (including phenoxy) is 1. The van der Waals surface area contributed by atoms with E-state index in [0.29, 0.717) is 24.6 Å². The van der Waals surface area contributed by atoms with Crippen LogP contribution in [0.25, 0.3) is 0 Å².